The topological polar surface area (TPSA) is 96.3 Å². The van der Waals surface area contributed by atoms with Gasteiger partial charge in [0.2, 0.25) is 5.91 Å². The van der Waals surface area contributed by atoms with Crippen LogP contribution in [0.1, 0.15) is 28.9 Å². The molecule has 5 rings (SSSR count). The highest BCUT2D eigenvalue weighted by Gasteiger charge is 2.25. The lowest BCUT2D eigenvalue weighted by molar-refractivity contribution is -0.131. The van der Waals surface area contributed by atoms with Crippen molar-refractivity contribution in [2.75, 3.05) is 27.2 Å². The van der Waals surface area contributed by atoms with E-state index < -0.39 is 5.82 Å². The van der Waals surface area contributed by atoms with Crippen LogP contribution in [0, 0.1) is 5.82 Å². The fourth-order valence-corrected chi connectivity index (χ4v) is 4.39. The summed E-state index contributed by atoms with van der Waals surface area (Å²) >= 11 is 0. The number of aromatic nitrogens is 4. The molecule has 1 aliphatic heterocycles. The number of H-pyrrole nitrogens is 1. The third-order valence-electron chi connectivity index (χ3n) is 6.30. The van der Waals surface area contributed by atoms with E-state index in [0.29, 0.717) is 47.5 Å². The summed E-state index contributed by atoms with van der Waals surface area (Å²) in [5, 5.41) is 8.12. The summed E-state index contributed by atoms with van der Waals surface area (Å²) in [5.41, 5.74) is 1.46. The molecule has 0 aliphatic carbocycles. The lowest BCUT2D eigenvalue weighted by atomic mass is 9.98. The molecular formula is C27H27FN6O3. The molecule has 1 N–H and O–H groups in total. The fourth-order valence-electron chi connectivity index (χ4n) is 4.39. The summed E-state index contributed by atoms with van der Waals surface area (Å²) in [6.45, 7) is 1.25. The summed E-state index contributed by atoms with van der Waals surface area (Å²) in [5.74, 6) is 0.204. The second-order valence-corrected chi connectivity index (χ2v) is 9.07. The van der Waals surface area contributed by atoms with E-state index in [1.807, 2.05) is 36.4 Å². The van der Waals surface area contributed by atoms with Crippen molar-refractivity contribution in [2.24, 2.45) is 0 Å². The molecule has 0 radical (unpaired) electrons. The average molecular weight is 503 g/mol. The largest absolute Gasteiger partial charge is 0.457 e. The van der Waals surface area contributed by atoms with Crippen LogP contribution < -0.4 is 4.74 Å². The minimum atomic E-state index is -0.489. The number of aryl methyl sites for hydroxylation is 1. The van der Waals surface area contributed by atoms with Gasteiger partial charge in [-0.05, 0) is 36.3 Å². The zero-order valence-electron chi connectivity index (χ0n) is 20.6. The van der Waals surface area contributed by atoms with E-state index in [2.05, 4.69) is 15.3 Å². The summed E-state index contributed by atoms with van der Waals surface area (Å²) < 4.78 is 23.7. The predicted octanol–water partition coefficient (Wildman–Crippen LogP) is 4.10. The molecule has 1 aliphatic rings. The minimum Gasteiger partial charge on any atom is -0.457 e. The molecule has 0 unspecified atom stereocenters. The number of carbonyl (C=O) groups excluding carboxylic acids is 2. The van der Waals surface area contributed by atoms with Crippen molar-refractivity contribution in [2.45, 2.75) is 19.4 Å². The van der Waals surface area contributed by atoms with Crippen molar-refractivity contribution in [1.29, 1.82) is 0 Å². The first kappa shape index (κ1) is 24.2. The molecule has 37 heavy (non-hydrogen) atoms. The SMILES string of the molecule is CN(C)C(=O)c1cc2c(Oc3ccccc3)cc(C3=CCCN(C(=O)CCn4ccnn4)C3)c(F)c2[nH]1. The van der Waals surface area contributed by atoms with Gasteiger partial charge in [0, 0.05) is 50.8 Å². The monoisotopic (exact) mass is 502 g/mol. The molecule has 0 spiro atoms. The van der Waals surface area contributed by atoms with Gasteiger partial charge >= 0.3 is 0 Å². The van der Waals surface area contributed by atoms with E-state index in [0.717, 1.165) is 0 Å². The van der Waals surface area contributed by atoms with Gasteiger partial charge in [0.15, 0.2) is 5.82 Å². The number of carbonyl (C=O) groups is 2. The zero-order chi connectivity index (χ0) is 25.9. The van der Waals surface area contributed by atoms with Gasteiger partial charge < -0.3 is 19.5 Å². The van der Waals surface area contributed by atoms with Gasteiger partial charge in [-0.2, -0.15) is 0 Å². The molecule has 0 fully saturated rings. The van der Waals surface area contributed by atoms with E-state index in [1.54, 1.807) is 48.2 Å². The summed E-state index contributed by atoms with van der Waals surface area (Å²) in [4.78, 5) is 31.6. The molecule has 0 bridgehead atoms. The first-order valence-corrected chi connectivity index (χ1v) is 12.0. The highest BCUT2D eigenvalue weighted by atomic mass is 19.1. The van der Waals surface area contributed by atoms with Crippen LogP contribution in [0.5, 0.6) is 11.5 Å². The number of nitrogens with zero attached hydrogens (tertiary/aromatic N) is 5. The van der Waals surface area contributed by atoms with Crippen LogP contribution in [0.15, 0.2) is 60.9 Å². The van der Waals surface area contributed by atoms with Gasteiger partial charge in [-0.1, -0.05) is 29.5 Å². The Hall–Kier alpha value is -4.47. The lowest BCUT2D eigenvalue weighted by Gasteiger charge is -2.28. The van der Waals surface area contributed by atoms with Crippen LogP contribution in [-0.2, 0) is 11.3 Å². The number of nitrogens with one attached hydrogen (secondary N) is 1. The van der Waals surface area contributed by atoms with E-state index in [4.69, 9.17) is 4.74 Å². The average Bonchev–Trinajstić information content (AvgIpc) is 3.60. The van der Waals surface area contributed by atoms with Gasteiger partial charge in [-0.25, -0.2) is 4.39 Å². The van der Waals surface area contributed by atoms with Crippen LogP contribution in [0.3, 0.4) is 0 Å². The van der Waals surface area contributed by atoms with Crippen LogP contribution in [-0.4, -0.2) is 68.8 Å². The number of rotatable bonds is 7. The van der Waals surface area contributed by atoms with E-state index in [1.165, 1.54) is 4.90 Å². The Morgan fingerprint density at radius 2 is 2.00 bits per heavy atom. The third-order valence-corrected chi connectivity index (χ3v) is 6.30. The Labute approximate surface area is 213 Å². The van der Waals surface area contributed by atoms with Crippen LogP contribution in [0.2, 0.25) is 0 Å². The van der Waals surface area contributed by atoms with Crippen molar-refractivity contribution in [3.8, 4) is 11.5 Å². The molecule has 2 aromatic carbocycles. The number of benzene rings is 2. The Bertz CT molecular complexity index is 1460. The number of para-hydroxylation sites is 1. The van der Waals surface area contributed by atoms with E-state index in [-0.39, 0.29) is 36.0 Å². The highest BCUT2D eigenvalue weighted by Crippen LogP contribution is 2.37. The van der Waals surface area contributed by atoms with Crippen LogP contribution in [0.25, 0.3) is 16.5 Å². The highest BCUT2D eigenvalue weighted by molar-refractivity contribution is 6.01. The molecule has 10 heteroatoms. The maximum atomic E-state index is 15.9. The fraction of sp³-hybridized carbons (Fsp3) is 0.259. The van der Waals surface area contributed by atoms with Crippen LogP contribution >= 0.6 is 0 Å². The molecule has 2 aromatic heterocycles. The van der Waals surface area contributed by atoms with Gasteiger partial charge in [0.1, 0.15) is 17.2 Å². The van der Waals surface area contributed by atoms with Crippen LogP contribution in [0.4, 0.5) is 4.39 Å². The number of halogens is 1. The Balaban J connectivity index is 1.48. The maximum absolute atomic E-state index is 15.9. The second-order valence-electron chi connectivity index (χ2n) is 9.07. The molecule has 0 saturated carbocycles. The van der Waals surface area contributed by atoms with Crippen molar-refractivity contribution in [3.63, 3.8) is 0 Å². The van der Waals surface area contributed by atoms with Crippen molar-refractivity contribution >= 4 is 28.3 Å². The predicted molar refractivity (Wildman–Crippen MR) is 137 cm³/mol. The number of aromatic amines is 1. The number of amides is 2. The molecule has 0 saturated heterocycles. The first-order valence-electron chi connectivity index (χ1n) is 12.0. The first-order chi connectivity index (χ1) is 17.9. The number of hydrogen-bond acceptors (Lipinski definition) is 5. The zero-order valence-corrected chi connectivity index (χ0v) is 20.6. The minimum absolute atomic E-state index is 0.0397. The van der Waals surface area contributed by atoms with Crippen molar-refractivity contribution in [1.82, 2.24) is 29.8 Å². The Morgan fingerprint density at radius 1 is 1.19 bits per heavy atom. The lowest BCUT2D eigenvalue weighted by Crippen LogP contribution is -2.36. The van der Waals surface area contributed by atoms with Gasteiger partial charge in [0.05, 0.1) is 18.3 Å². The van der Waals surface area contributed by atoms with Crippen molar-refractivity contribution in [3.05, 3.63) is 78.0 Å². The quantitative estimate of drug-likeness (QED) is 0.411. The van der Waals surface area contributed by atoms with Crippen molar-refractivity contribution < 1.29 is 18.7 Å². The molecule has 9 nitrogen and oxygen atoms in total. The third kappa shape index (κ3) is 5.09. The van der Waals surface area contributed by atoms with Gasteiger partial charge in [-0.15, -0.1) is 5.10 Å². The molecule has 3 heterocycles. The normalized spacial score (nSPS) is 13.5. The number of hydrogen-bond donors (Lipinski definition) is 1. The number of ether oxygens (including phenoxy) is 1. The smallest absolute Gasteiger partial charge is 0.269 e. The summed E-state index contributed by atoms with van der Waals surface area (Å²) in [6.07, 6.45) is 6.10. The summed E-state index contributed by atoms with van der Waals surface area (Å²) in [7, 11) is 3.27. The Kier molecular flexibility index (Phi) is 6.72. The molecule has 190 valence electrons. The maximum Gasteiger partial charge on any atom is 0.269 e. The number of fused-ring (bicyclic) bond motifs is 1. The summed E-state index contributed by atoms with van der Waals surface area (Å²) in [6, 6.07) is 12.5. The van der Waals surface area contributed by atoms with E-state index >= 15 is 4.39 Å². The second kappa shape index (κ2) is 10.3. The Morgan fingerprint density at radius 3 is 2.73 bits per heavy atom. The standard InChI is InChI=1S/C27H27FN6O3/c1-32(2)27(36)22-15-21-23(37-19-8-4-3-5-9-19)16-20(25(28)26(21)30-22)18-7-6-12-33(17-18)24(35)10-13-34-14-11-29-31-34/h3-5,7-9,11,14-16,30H,6,10,12-13,17H2,1-2H3. The molecule has 0 atom stereocenters. The molecular weight excluding hydrogens is 475 g/mol. The van der Waals surface area contributed by atoms with Gasteiger partial charge in [-0.3, -0.25) is 14.3 Å². The molecule has 2 amide bonds. The van der Waals surface area contributed by atoms with Gasteiger partial charge in [0.25, 0.3) is 5.91 Å². The molecule has 4 aromatic rings. The van der Waals surface area contributed by atoms with E-state index in [9.17, 15) is 9.59 Å².